The molecule has 1 aromatic heterocycles. The lowest BCUT2D eigenvalue weighted by Crippen LogP contribution is -2.27. The van der Waals surface area contributed by atoms with E-state index in [2.05, 4.69) is 9.97 Å². The summed E-state index contributed by atoms with van der Waals surface area (Å²) >= 11 is 1.66. The first-order valence-corrected chi connectivity index (χ1v) is 6.09. The van der Waals surface area contributed by atoms with Crippen LogP contribution in [0.2, 0.25) is 0 Å². The summed E-state index contributed by atoms with van der Waals surface area (Å²) in [7, 11) is 0. The average molecular weight is 225 g/mol. The summed E-state index contributed by atoms with van der Waals surface area (Å²) in [6, 6.07) is 1.80. The summed E-state index contributed by atoms with van der Waals surface area (Å²) in [4.78, 5) is 17.9. The number of nitrogens with two attached hydrogens (primary N) is 1. The van der Waals surface area contributed by atoms with Gasteiger partial charge in [-0.1, -0.05) is 11.8 Å². The maximum atomic E-state index is 11.1. The lowest BCUT2D eigenvalue weighted by Gasteiger charge is -2.24. The maximum absolute atomic E-state index is 11.1. The maximum Gasteiger partial charge on any atom is 0.251 e. The second-order valence-corrected chi connectivity index (χ2v) is 5.18. The summed E-state index contributed by atoms with van der Waals surface area (Å²) in [5.41, 5.74) is 5.75. The van der Waals surface area contributed by atoms with E-state index in [-0.39, 0.29) is 5.56 Å². The molecule has 15 heavy (non-hydrogen) atoms. The second kappa shape index (κ2) is 4.81. The number of thioether (sulfide) groups is 1. The second-order valence-electron chi connectivity index (χ2n) is 3.89. The molecule has 0 radical (unpaired) electrons. The van der Waals surface area contributed by atoms with Gasteiger partial charge in [0.25, 0.3) is 5.56 Å². The van der Waals surface area contributed by atoms with E-state index in [9.17, 15) is 4.79 Å². The van der Waals surface area contributed by atoms with Gasteiger partial charge in [-0.3, -0.25) is 4.79 Å². The molecule has 0 saturated heterocycles. The van der Waals surface area contributed by atoms with Gasteiger partial charge in [0.15, 0.2) is 5.16 Å². The minimum Gasteiger partial charge on any atom is -0.328 e. The van der Waals surface area contributed by atoms with Crippen molar-refractivity contribution < 1.29 is 0 Å². The predicted octanol–water partition coefficient (Wildman–Crippen LogP) is 1.13. The minimum absolute atomic E-state index is 0.0833. The van der Waals surface area contributed by atoms with E-state index >= 15 is 0 Å². The van der Waals surface area contributed by atoms with Crippen molar-refractivity contribution in [2.24, 2.45) is 5.73 Å². The molecule has 4 nitrogen and oxygen atoms in total. The zero-order valence-corrected chi connectivity index (χ0v) is 9.30. The first kappa shape index (κ1) is 10.7. The molecule has 0 spiro atoms. The van der Waals surface area contributed by atoms with Crippen LogP contribution < -0.4 is 11.3 Å². The Kier molecular flexibility index (Phi) is 3.43. The van der Waals surface area contributed by atoms with Crippen molar-refractivity contribution >= 4 is 11.8 Å². The Hall–Kier alpha value is -0.810. The standard InChI is InChI=1S/C10H15N3OS/c11-7-1-3-8(4-2-7)15-10-12-6-5-9(14)13-10/h5-8H,1-4,11H2,(H,12,13,14). The van der Waals surface area contributed by atoms with Crippen molar-refractivity contribution in [3.63, 3.8) is 0 Å². The van der Waals surface area contributed by atoms with Crippen LogP contribution >= 0.6 is 11.8 Å². The van der Waals surface area contributed by atoms with Gasteiger partial charge in [-0.15, -0.1) is 0 Å². The van der Waals surface area contributed by atoms with Crippen LogP contribution in [0, 0.1) is 0 Å². The molecule has 82 valence electrons. The van der Waals surface area contributed by atoms with E-state index in [0.29, 0.717) is 11.3 Å². The van der Waals surface area contributed by atoms with Crippen molar-refractivity contribution in [1.82, 2.24) is 9.97 Å². The third kappa shape index (κ3) is 3.07. The van der Waals surface area contributed by atoms with E-state index in [1.165, 1.54) is 6.07 Å². The molecular weight excluding hydrogens is 210 g/mol. The number of rotatable bonds is 2. The molecule has 1 fully saturated rings. The topological polar surface area (TPSA) is 71.8 Å². The van der Waals surface area contributed by atoms with Gasteiger partial charge in [0.05, 0.1) is 0 Å². The average Bonchev–Trinajstić information content (AvgIpc) is 2.22. The SMILES string of the molecule is NC1CCC(Sc2nccc(=O)[nH]2)CC1. The van der Waals surface area contributed by atoms with Crippen molar-refractivity contribution in [3.8, 4) is 0 Å². The van der Waals surface area contributed by atoms with Gasteiger partial charge in [0.1, 0.15) is 0 Å². The first-order chi connectivity index (χ1) is 7.24. The van der Waals surface area contributed by atoms with Gasteiger partial charge in [-0.05, 0) is 25.7 Å². The van der Waals surface area contributed by atoms with Gasteiger partial charge in [-0.25, -0.2) is 4.98 Å². The first-order valence-electron chi connectivity index (χ1n) is 5.21. The van der Waals surface area contributed by atoms with Crippen molar-refractivity contribution in [2.45, 2.75) is 42.1 Å². The molecule has 2 rings (SSSR count). The molecular formula is C10H15N3OS. The van der Waals surface area contributed by atoms with Crippen LogP contribution in [0.4, 0.5) is 0 Å². The van der Waals surface area contributed by atoms with Gasteiger partial charge >= 0.3 is 0 Å². The molecule has 0 bridgehead atoms. The molecule has 1 aliphatic rings. The summed E-state index contributed by atoms with van der Waals surface area (Å²) in [5, 5.41) is 1.28. The molecule has 0 unspecified atom stereocenters. The molecule has 5 heteroatoms. The number of aromatic amines is 1. The van der Waals surface area contributed by atoms with Crippen LogP contribution in [0.25, 0.3) is 0 Å². The van der Waals surface area contributed by atoms with Crippen LogP contribution in [-0.2, 0) is 0 Å². The molecule has 0 aliphatic heterocycles. The number of nitrogens with zero attached hydrogens (tertiary/aromatic N) is 1. The fraction of sp³-hybridized carbons (Fsp3) is 0.600. The monoisotopic (exact) mass is 225 g/mol. The van der Waals surface area contributed by atoms with Gasteiger partial charge in [-0.2, -0.15) is 0 Å². The molecule has 1 aromatic rings. The molecule has 0 aromatic carbocycles. The minimum atomic E-state index is -0.0833. The Morgan fingerprint density at radius 2 is 2.13 bits per heavy atom. The van der Waals surface area contributed by atoms with E-state index in [1.807, 2.05) is 0 Å². The lowest BCUT2D eigenvalue weighted by atomic mass is 9.96. The van der Waals surface area contributed by atoms with Crippen molar-refractivity contribution in [3.05, 3.63) is 22.6 Å². The quantitative estimate of drug-likeness (QED) is 0.740. The van der Waals surface area contributed by atoms with Crippen molar-refractivity contribution in [2.75, 3.05) is 0 Å². The highest BCUT2D eigenvalue weighted by Gasteiger charge is 2.19. The number of nitrogens with one attached hydrogen (secondary N) is 1. The van der Waals surface area contributed by atoms with Gasteiger partial charge in [0.2, 0.25) is 0 Å². The molecule has 0 atom stereocenters. The molecule has 1 saturated carbocycles. The van der Waals surface area contributed by atoms with Gasteiger partial charge in [0, 0.05) is 23.6 Å². The van der Waals surface area contributed by atoms with E-state index in [0.717, 1.165) is 30.8 Å². The zero-order valence-electron chi connectivity index (χ0n) is 8.48. The third-order valence-electron chi connectivity index (χ3n) is 2.64. The van der Waals surface area contributed by atoms with Crippen LogP contribution in [0.15, 0.2) is 22.2 Å². The van der Waals surface area contributed by atoms with Crippen LogP contribution in [0.1, 0.15) is 25.7 Å². The molecule has 1 aliphatic carbocycles. The van der Waals surface area contributed by atoms with Crippen LogP contribution in [0.5, 0.6) is 0 Å². The lowest BCUT2D eigenvalue weighted by molar-refractivity contribution is 0.450. The summed E-state index contributed by atoms with van der Waals surface area (Å²) in [6.45, 7) is 0. The number of H-pyrrole nitrogens is 1. The highest BCUT2D eigenvalue weighted by molar-refractivity contribution is 7.99. The highest BCUT2D eigenvalue weighted by Crippen LogP contribution is 2.30. The summed E-state index contributed by atoms with van der Waals surface area (Å²) < 4.78 is 0. The molecule has 0 amide bonds. The predicted molar refractivity (Wildman–Crippen MR) is 60.9 cm³/mol. The smallest absolute Gasteiger partial charge is 0.251 e. The van der Waals surface area contributed by atoms with Crippen LogP contribution in [-0.4, -0.2) is 21.3 Å². The Morgan fingerprint density at radius 3 is 2.80 bits per heavy atom. The Balaban J connectivity index is 1.94. The van der Waals surface area contributed by atoms with E-state index < -0.39 is 0 Å². The normalized spacial score (nSPS) is 26.5. The van der Waals surface area contributed by atoms with E-state index in [1.54, 1.807) is 18.0 Å². The Bertz CT molecular complexity index is 371. The van der Waals surface area contributed by atoms with Crippen LogP contribution in [0.3, 0.4) is 0 Å². The molecule has 3 N–H and O–H groups in total. The molecule has 1 heterocycles. The number of aromatic nitrogens is 2. The largest absolute Gasteiger partial charge is 0.328 e. The Labute approximate surface area is 92.7 Å². The highest BCUT2D eigenvalue weighted by atomic mass is 32.2. The third-order valence-corrected chi connectivity index (χ3v) is 3.88. The van der Waals surface area contributed by atoms with Crippen molar-refractivity contribution in [1.29, 1.82) is 0 Å². The zero-order chi connectivity index (χ0) is 10.7. The summed E-state index contributed by atoms with van der Waals surface area (Å²) in [5.74, 6) is 0. The van der Waals surface area contributed by atoms with Gasteiger partial charge < -0.3 is 10.7 Å². The summed E-state index contributed by atoms with van der Waals surface area (Å²) in [6.07, 6.45) is 5.94. The van der Waals surface area contributed by atoms with E-state index in [4.69, 9.17) is 5.73 Å². The number of hydrogen-bond acceptors (Lipinski definition) is 4. The fourth-order valence-corrected chi connectivity index (χ4v) is 2.88. The Morgan fingerprint density at radius 1 is 1.40 bits per heavy atom. The number of hydrogen-bond donors (Lipinski definition) is 2. The fourth-order valence-electron chi connectivity index (χ4n) is 1.78.